The topological polar surface area (TPSA) is 105 Å². The van der Waals surface area contributed by atoms with Gasteiger partial charge in [-0.05, 0) is 42.7 Å². The largest absolute Gasteiger partial charge is 0.507 e. The second kappa shape index (κ2) is 8.64. The van der Waals surface area contributed by atoms with E-state index in [0.29, 0.717) is 17.9 Å². The summed E-state index contributed by atoms with van der Waals surface area (Å²) in [6.45, 7) is 4.71. The molecule has 1 aromatic carbocycles. The molecule has 0 aliphatic rings. The highest BCUT2D eigenvalue weighted by Gasteiger charge is 2.13. The molecular formula is C19H28N6O. The van der Waals surface area contributed by atoms with E-state index in [9.17, 15) is 5.11 Å². The maximum absolute atomic E-state index is 10.3. The molecule has 0 fully saturated rings. The Hall–Kier alpha value is -2.64. The molecule has 1 atom stereocenters. The van der Waals surface area contributed by atoms with Crippen molar-refractivity contribution >= 4 is 11.4 Å². The minimum Gasteiger partial charge on any atom is -0.507 e. The fourth-order valence-electron chi connectivity index (χ4n) is 2.61. The Labute approximate surface area is 154 Å². The van der Waals surface area contributed by atoms with Crippen LogP contribution in [0.3, 0.4) is 0 Å². The van der Waals surface area contributed by atoms with Crippen molar-refractivity contribution in [2.75, 3.05) is 25.5 Å². The van der Waals surface area contributed by atoms with Gasteiger partial charge in [-0.25, -0.2) is 15.8 Å². The first-order valence-corrected chi connectivity index (χ1v) is 8.61. The summed E-state index contributed by atoms with van der Waals surface area (Å²) in [6, 6.07) is 7.26. The average Bonchev–Trinajstić information content (AvgIpc) is 2.61. The maximum Gasteiger partial charge on any atom is 0.165 e. The lowest BCUT2D eigenvalue weighted by Crippen LogP contribution is -2.35. The highest BCUT2D eigenvalue weighted by Crippen LogP contribution is 2.30. The van der Waals surface area contributed by atoms with E-state index in [1.807, 2.05) is 43.3 Å². The number of hydrazine groups is 1. The molecule has 2 rings (SSSR count). The van der Waals surface area contributed by atoms with E-state index in [0.717, 1.165) is 23.4 Å². The van der Waals surface area contributed by atoms with Gasteiger partial charge in [0, 0.05) is 39.1 Å². The highest BCUT2D eigenvalue weighted by atomic mass is 16.3. The summed E-state index contributed by atoms with van der Waals surface area (Å²) >= 11 is 0. The van der Waals surface area contributed by atoms with Gasteiger partial charge in [-0.2, -0.15) is 0 Å². The third-order valence-corrected chi connectivity index (χ3v) is 4.15. The molecule has 26 heavy (non-hydrogen) atoms. The van der Waals surface area contributed by atoms with Crippen LogP contribution in [0.5, 0.6) is 5.75 Å². The lowest BCUT2D eigenvalue weighted by atomic mass is 10.0. The van der Waals surface area contributed by atoms with Gasteiger partial charge in [0.15, 0.2) is 5.82 Å². The molecule has 1 aromatic heterocycles. The Morgan fingerprint density at radius 2 is 2.04 bits per heavy atom. The molecule has 0 radical (unpaired) electrons. The van der Waals surface area contributed by atoms with Gasteiger partial charge < -0.3 is 20.7 Å². The van der Waals surface area contributed by atoms with E-state index in [1.165, 1.54) is 5.01 Å². The van der Waals surface area contributed by atoms with Gasteiger partial charge in [0.25, 0.3) is 0 Å². The number of aromatic nitrogens is 2. The van der Waals surface area contributed by atoms with Gasteiger partial charge in [0.05, 0.1) is 5.56 Å². The van der Waals surface area contributed by atoms with Crippen molar-refractivity contribution in [2.45, 2.75) is 26.3 Å². The lowest BCUT2D eigenvalue weighted by Gasteiger charge is -2.22. The second-order valence-corrected chi connectivity index (χ2v) is 6.50. The SMILES string of the molecule is CC[C@@H](N)CN(C)c1ccnc(-c2cc(/C(C)=C/N(C)N)ccc2O)n1. The van der Waals surface area contributed by atoms with Crippen molar-refractivity contribution in [2.24, 2.45) is 11.6 Å². The van der Waals surface area contributed by atoms with Crippen molar-refractivity contribution in [1.82, 2.24) is 15.0 Å². The number of hydrogen-bond donors (Lipinski definition) is 3. The summed E-state index contributed by atoms with van der Waals surface area (Å²) < 4.78 is 0. The van der Waals surface area contributed by atoms with Gasteiger partial charge in [0.1, 0.15) is 11.6 Å². The number of hydrogen-bond acceptors (Lipinski definition) is 7. The van der Waals surface area contributed by atoms with Crippen LogP contribution in [-0.2, 0) is 0 Å². The van der Waals surface area contributed by atoms with Crippen molar-refractivity contribution in [3.8, 4) is 17.1 Å². The van der Waals surface area contributed by atoms with Crippen LogP contribution in [0.1, 0.15) is 25.8 Å². The van der Waals surface area contributed by atoms with E-state index in [2.05, 4.69) is 16.9 Å². The number of allylic oxidation sites excluding steroid dienone is 1. The van der Waals surface area contributed by atoms with Crippen LogP contribution in [0.15, 0.2) is 36.7 Å². The fraction of sp³-hybridized carbons (Fsp3) is 0.368. The minimum absolute atomic E-state index is 0.0798. The number of nitrogens with two attached hydrogens (primary N) is 2. The minimum atomic E-state index is 0.0798. The maximum atomic E-state index is 10.3. The normalized spacial score (nSPS) is 12.8. The number of benzene rings is 1. The second-order valence-electron chi connectivity index (χ2n) is 6.50. The fourth-order valence-corrected chi connectivity index (χ4v) is 2.61. The summed E-state index contributed by atoms with van der Waals surface area (Å²) in [6.07, 6.45) is 4.40. The molecule has 0 bridgehead atoms. The van der Waals surface area contributed by atoms with Crippen molar-refractivity contribution < 1.29 is 5.11 Å². The third-order valence-electron chi connectivity index (χ3n) is 4.15. The number of anilines is 1. The van der Waals surface area contributed by atoms with E-state index >= 15 is 0 Å². The average molecular weight is 356 g/mol. The summed E-state index contributed by atoms with van der Waals surface area (Å²) in [7, 11) is 3.70. The number of phenols is 1. The quantitative estimate of drug-likeness (QED) is 0.516. The molecule has 1 heterocycles. The monoisotopic (exact) mass is 356 g/mol. The molecule has 5 N–H and O–H groups in total. The van der Waals surface area contributed by atoms with Gasteiger partial charge in [0.2, 0.25) is 0 Å². The van der Waals surface area contributed by atoms with Gasteiger partial charge in [-0.15, -0.1) is 0 Å². The van der Waals surface area contributed by atoms with Crippen molar-refractivity contribution in [3.05, 3.63) is 42.2 Å². The van der Waals surface area contributed by atoms with Gasteiger partial charge in [-0.1, -0.05) is 13.0 Å². The van der Waals surface area contributed by atoms with E-state index in [-0.39, 0.29) is 11.8 Å². The predicted molar refractivity (Wildman–Crippen MR) is 106 cm³/mol. The Kier molecular flexibility index (Phi) is 6.54. The molecule has 7 heteroatoms. The molecule has 0 unspecified atom stereocenters. The van der Waals surface area contributed by atoms with Gasteiger partial charge in [-0.3, -0.25) is 0 Å². The number of phenolic OH excluding ortho intramolecular Hbond substituents is 1. The molecule has 0 amide bonds. The molecule has 140 valence electrons. The standard InChI is InChI=1S/C19H28N6O/c1-5-15(20)12-24(3)18-8-9-22-19(23-18)16-10-14(6-7-17(16)26)13(2)11-25(4)21/h6-11,15,26H,5,12,20-21H2,1-4H3/b13-11+/t15-/m1/s1. The van der Waals surface area contributed by atoms with Crippen LogP contribution in [0.2, 0.25) is 0 Å². The number of aromatic hydroxyl groups is 1. The Balaban J connectivity index is 2.38. The molecule has 0 aliphatic heterocycles. The van der Waals surface area contributed by atoms with Gasteiger partial charge >= 0.3 is 0 Å². The van der Waals surface area contributed by atoms with Crippen LogP contribution < -0.4 is 16.5 Å². The summed E-state index contributed by atoms with van der Waals surface area (Å²) in [5, 5.41) is 11.8. The Bertz CT molecular complexity index is 774. The van der Waals surface area contributed by atoms with Crippen molar-refractivity contribution in [3.63, 3.8) is 0 Å². The first-order valence-electron chi connectivity index (χ1n) is 8.61. The first kappa shape index (κ1) is 19.7. The zero-order valence-electron chi connectivity index (χ0n) is 15.8. The molecular weight excluding hydrogens is 328 g/mol. The number of likely N-dealkylation sites (N-methyl/N-ethyl adjacent to an activating group) is 1. The Morgan fingerprint density at radius 1 is 1.31 bits per heavy atom. The lowest BCUT2D eigenvalue weighted by molar-refractivity contribution is 0.476. The molecule has 0 aliphatic carbocycles. The zero-order chi connectivity index (χ0) is 19.3. The van der Waals surface area contributed by atoms with Crippen molar-refractivity contribution in [1.29, 1.82) is 0 Å². The number of rotatable bonds is 7. The van der Waals surface area contributed by atoms with Crippen LogP contribution >= 0.6 is 0 Å². The van der Waals surface area contributed by atoms with Crippen LogP contribution in [0.4, 0.5) is 5.82 Å². The summed E-state index contributed by atoms with van der Waals surface area (Å²) in [4.78, 5) is 10.9. The van der Waals surface area contributed by atoms with Crippen LogP contribution in [-0.4, -0.2) is 46.8 Å². The van der Waals surface area contributed by atoms with E-state index in [1.54, 1.807) is 19.3 Å². The zero-order valence-corrected chi connectivity index (χ0v) is 15.8. The van der Waals surface area contributed by atoms with E-state index < -0.39 is 0 Å². The Morgan fingerprint density at radius 3 is 2.69 bits per heavy atom. The smallest absolute Gasteiger partial charge is 0.165 e. The predicted octanol–water partition coefficient (Wildman–Crippen LogP) is 2.19. The van der Waals surface area contributed by atoms with E-state index in [4.69, 9.17) is 11.6 Å². The summed E-state index contributed by atoms with van der Waals surface area (Å²) in [5.74, 6) is 7.04. The number of nitrogens with zero attached hydrogens (tertiary/aromatic N) is 4. The first-order chi connectivity index (χ1) is 12.3. The summed E-state index contributed by atoms with van der Waals surface area (Å²) in [5.41, 5.74) is 8.51. The molecule has 2 aromatic rings. The molecule has 0 spiro atoms. The molecule has 7 nitrogen and oxygen atoms in total. The third kappa shape index (κ3) is 4.93. The van der Waals surface area contributed by atoms with Crippen LogP contribution in [0, 0.1) is 0 Å². The van der Waals surface area contributed by atoms with Crippen LogP contribution in [0.25, 0.3) is 17.0 Å². The molecule has 0 saturated heterocycles. The molecule has 0 saturated carbocycles. The highest BCUT2D eigenvalue weighted by molar-refractivity contribution is 5.73.